The number of hydrogen-bond acceptors (Lipinski definition) is 4. The fourth-order valence-electron chi connectivity index (χ4n) is 3.30. The summed E-state index contributed by atoms with van der Waals surface area (Å²) in [6.45, 7) is 7.39. The van der Waals surface area contributed by atoms with E-state index in [0.717, 1.165) is 31.2 Å². The molecule has 0 radical (unpaired) electrons. The number of carboxylic acid groups (broad SMARTS) is 1. The molecule has 1 aliphatic rings. The summed E-state index contributed by atoms with van der Waals surface area (Å²) in [6, 6.07) is 2.59. The van der Waals surface area contributed by atoms with Crippen molar-refractivity contribution in [2.75, 3.05) is 0 Å². The van der Waals surface area contributed by atoms with Crippen LogP contribution in [0, 0.1) is 19.8 Å². The standard InChI is InChI=1S/C18H19FN2O3.C2H6/c1-10-13(12-5-3-4-6-12)9-20-17(16(10)18(22)23)24-14-7-8-15(19)21-11(14)2;1-2/h7-9,12H,3-6H2,1-2H3,(H,22,23);1-2H3. The molecule has 140 valence electrons. The number of halogens is 1. The molecular weight excluding hydrogens is 335 g/mol. The van der Waals surface area contributed by atoms with Crippen molar-refractivity contribution in [2.45, 2.75) is 59.3 Å². The van der Waals surface area contributed by atoms with Gasteiger partial charge in [0.1, 0.15) is 5.56 Å². The van der Waals surface area contributed by atoms with Gasteiger partial charge in [-0.3, -0.25) is 0 Å². The lowest BCUT2D eigenvalue weighted by Crippen LogP contribution is -2.09. The van der Waals surface area contributed by atoms with Gasteiger partial charge in [0, 0.05) is 6.20 Å². The average Bonchev–Trinajstić information content (AvgIpc) is 3.13. The van der Waals surface area contributed by atoms with E-state index >= 15 is 0 Å². The van der Waals surface area contributed by atoms with Gasteiger partial charge in [0.15, 0.2) is 5.75 Å². The monoisotopic (exact) mass is 360 g/mol. The van der Waals surface area contributed by atoms with Crippen LogP contribution in [0.5, 0.6) is 11.6 Å². The first-order valence-electron chi connectivity index (χ1n) is 9.01. The molecule has 2 aromatic rings. The first-order valence-corrected chi connectivity index (χ1v) is 9.01. The number of nitrogens with zero attached hydrogens (tertiary/aromatic N) is 2. The summed E-state index contributed by atoms with van der Waals surface area (Å²) in [6.07, 6.45) is 6.14. The van der Waals surface area contributed by atoms with Gasteiger partial charge in [0.25, 0.3) is 0 Å². The molecule has 1 fully saturated rings. The van der Waals surface area contributed by atoms with Gasteiger partial charge in [-0.25, -0.2) is 14.8 Å². The molecule has 1 saturated carbocycles. The minimum atomic E-state index is -1.08. The van der Waals surface area contributed by atoms with Gasteiger partial charge < -0.3 is 9.84 Å². The fraction of sp³-hybridized carbons (Fsp3) is 0.450. The zero-order chi connectivity index (χ0) is 19.3. The minimum Gasteiger partial charge on any atom is -0.477 e. The molecule has 0 aromatic carbocycles. The van der Waals surface area contributed by atoms with E-state index in [1.807, 2.05) is 13.8 Å². The van der Waals surface area contributed by atoms with Crippen LogP contribution < -0.4 is 4.74 Å². The third-order valence-electron chi connectivity index (χ3n) is 4.56. The number of carbonyl (C=O) groups is 1. The van der Waals surface area contributed by atoms with Crippen LogP contribution in [0.3, 0.4) is 0 Å². The summed E-state index contributed by atoms with van der Waals surface area (Å²) in [7, 11) is 0. The Bertz CT molecular complexity index is 787. The van der Waals surface area contributed by atoms with Gasteiger partial charge in [-0.05, 0) is 55.9 Å². The van der Waals surface area contributed by atoms with Crippen molar-refractivity contribution in [3.8, 4) is 11.6 Å². The smallest absolute Gasteiger partial charge is 0.341 e. The van der Waals surface area contributed by atoms with Crippen LogP contribution in [0.4, 0.5) is 4.39 Å². The first-order chi connectivity index (χ1) is 12.5. The Morgan fingerprint density at radius 1 is 1.23 bits per heavy atom. The maximum Gasteiger partial charge on any atom is 0.341 e. The first kappa shape index (κ1) is 19.8. The normalized spacial score (nSPS) is 13.9. The van der Waals surface area contributed by atoms with E-state index in [1.54, 1.807) is 20.0 Å². The van der Waals surface area contributed by atoms with Gasteiger partial charge >= 0.3 is 5.97 Å². The van der Waals surface area contributed by atoms with Crippen LogP contribution in [0.25, 0.3) is 0 Å². The predicted octanol–water partition coefficient (Wildman–Crippen LogP) is 5.41. The lowest BCUT2D eigenvalue weighted by Gasteiger charge is -2.17. The Morgan fingerprint density at radius 3 is 2.46 bits per heavy atom. The van der Waals surface area contributed by atoms with E-state index in [0.29, 0.717) is 22.9 Å². The predicted molar refractivity (Wildman–Crippen MR) is 97.5 cm³/mol. The summed E-state index contributed by atoms with van der Waals surface area (Å²) in [5.41, 5.74) is 2.06. The summed E-state index contributed by atoms with van der Waals surface area (Å²) in [4.78, 5) is 19.7. The lowest BCUT2D eigenvalue weighted by atomic mass is 9.93. The summed E-state index contributed by atoms with van der Waals surface area (Å²) in [5.74, 6) is -1.03. The molecule has 0 unspecified atom stereocenters. The van der Waals surface area contributed by atoms with Gasteiger partial charge in [0.2, 0.25) is 11.8 Å². The molecule has 0 amide bonds. The van der Waals surface area contributed by atoms with Crippen molar-refractivity contribution in [3.05, 3.63) is 46.7 Å². The molecule has 6 heteroatoms. The number of aromatic carboxylic acids is 1. The number of ether oxygens (including phenoxy) is 1. The Kier molecular flexibility index (Phi) is 6.66. The molecule has 0 aliphatic heterocycles. The molecule has 2 aromatic heterocycles. The molecule has 0 bridgehead atoms. The number of rotatable bonds is 4. The van der Waals surface area contributed by atoms with Crippen molar-refractivity contribution < 1.29 is 19.0 Å². The van der Waals surface area contributed by atoms with Crippen molar-refractivity contribution in [1.82, 2.24) is 9.97 Å². The lowest BCUT2D eigenvalue weighted by molar-refractivity contribution is 0.0692. The Morgan fingerprint density at radius 2 is 1.88 bits per heavy atom. The van der Waals surface area contributed by atoms with Crippen LogP contribution in [-0.2, 0) is 0 Å². The fourth-order valence-corrected chi connectivity index (χ4v) is 3.30. The zero-order valence-electron chi connectivity index (χ0n) is 15.7. The maximum absolute atomic E-state index is 13.1. The highest BCUT2D eigenvalue weighted by molar-refractivity contribution is 5.92. The highest BCUT2D eigenvalue weighted by Gasteiger charge is 2.25. The summed E-state index contributed by atoms with van der Waals surface area (Å²) < 4.78 is 18.7. The molecule has 1 N–H and O–H groups in total. The minimum absolute atomic E-state index is 0.0123. The van der Waals surface area contributed by atoms with Gasteiger partial charge in [-0.15, -0.1) is 0 Å². The van der Waals surface area contributed by atoms with Crippen LogP contribution >= 0.6 is 0 Å². The second-order valence-electron chi connectivity index (χ2n) is 6.12. The Labute approximate surface area is 153 Å². The van der Waals surface area contributed by atoms with E-state index in [1.165, 1.54) is 12.1 Å². The Balaban J connectivity index is 0.00000117. The third kappa shape index (κ3) is 4.18. The number of aromatic nitrogens is 2. The van der Waals surface area contributed by atoms with Gasteiger partial charge in [-0.2, -0.15) is 4.39 Å². The SMILES string of the molecule is CC.Cc1nc(F)ccc1Oc1ncc(C2CCCC2)c(C)c1C(=O)O. The highest BCUT2D eigenvalue weighted by Crippen LogP contribution is 2.38. The number of hydrogen-bond donors (Lipinski definition) is 1. The van der Waals surface area contributed by atoms with E-state index < -0.39 is 11.9 Å². The molecule has 2 heterocycles. The molecule has 5 nitrogen and oxygen atoms in total. The number of carboxylic acids is 1. The van der Waals surface area contributed by atoms with Gasteiger partial charge in [-0.1, -0.05) is 26.7 Å². The van der Waals surface area contributed by atoms with Crippen molar-refractivity contribution >= 4 is 5.97 Å². The van der Waals surface area contributed by atoms with Crippen molar-refractivity contribution in [3.63, 3.8) is 0 Å². The molecule has 0 saturated heterocycles. The quantitative estimate of drug-likeness (QED) is 0.738. The summed E-state index contributed by atoms with van der Waals surface area (Å²) in [5, 5.41) is 9.61. The third-order valence-corrected chi connectivity index (χ3v) is 4.56. The van der Waals surface area contributed by atoms with E-state index in [2.05, 4.69) is 9.97 Å². The van der Waals surface area contributed by atoms with E-state index in [9.17, 15) is 14.3 Å². The van der Waals surface area contributed by atoms with Crippen LogP contribution in [0.2, 0.25) is 0 Å². The molecule has 1 aliphatic carbocycles. The summed E-state index contributed by atoms with van der Waals surface area (Å²) >= 11 is 0. The van der Waals surface area contributed by atoms with Crippen LogP contribution in [0.15, 0.2) is 18.3 Å². The molecule has 0 spiro atoms. The van der Waals surface area contributed by atoms with Crippen molar-refractivity contribution in [2.24, 2.45) is 0 Å². The second kappa shape index (κ2) is 8.74. The second-order valence-corrected chi connectivity index (χ2v) is 6.12. The van der Waals surface area contributed by atoms with E-state index in [-0.39, 0.29) is 11.4 Å². The number of aryl methyl sites for hydroxylation is 1. The Hall–Kier alpha value is -2.50. The van der Waals surface area contributed by atoms with Crippen molar-refractivity contribution in [1.29, 1.82) is 0 Å². The number of pyridine rings is 2. The molecule has 0 atom stereocenters. The maximum atomic E-state index is 13.1. The largest absolute Gasteiger partial charge is 0.477 e. The average molecular weight is 360 g/mol. The van der Waals surface area contributed by atoms with Crippen LogP contribution in [0.1, 0.15) is 72.6 Å². The van der Waals surface area contributed by atoms with Gasteiger partial charge in [0.05, 0.1) is 5.69 Å². The molecule has 3 rings (SSSR count). The van der Waals surface area contributed by atoms with Crippen LogP contribution in [-0.4, -0.2) is 21.0 Å². The molecular formula is C20H25FN2O3. The zero-order valence-corrected chi connectivity index (χ0v) is 15.7. The molecule has 26 heavy (non-hydrogen) atoms. The topological polar surface area (TPSA) is 72.3 Å². The van der Waals surface area contributed by atoms with E-state index in [4.69, 9.17) is 4.74 Å². The highest BCUT2D eigenvalue weighted by atomic mass is 19.1.